The van der Waals surface area contributed by atoms with E-state index in [1.807, 2.05) is 6.07 Å². The number of anilines is 1. The molecule has 1 aromatic rings. The van der Waals surface area contributed by atoms with E-state index < -0.39 is 5.91 Å². The quantitative estimate of drug-likeness (QED) is 0.680. The summed E-state index contributed by atoms with van der Waals surface area (Å²) in [7, 11) is 1.41. The Morgan fingerprint density at radius 3 is 2.56 bits per heavy atom. The molecular weight excluding hydrogens is 234 g/mol. The predicted molar refractivity (Wildman–Crippen MR) is 67.3 cm³/mol. The number of carbonyl (C=O) groups excluding carboxylic acids is 2. The second-order valence-corrected chi connectivity index (χ2v) is 3.85. The molecule has 0 bridgehead atoms. The lowest BCUT2D eigenvalue weighted by atomic mass is 10.1. The SMILES string of the molecule is COCC(=O)N(CC(N)=O)Cc1ccccc1N. The van der Waals surface area contributed by atoms with Crippen LogP contribution in [0.4, 0.5) is 5.69 Å². The summed E-state index contributed by atoms with van der Waals surface area (Å²) in [6, 6.07) is 7.14. The van der Waals surface area contributed by atoms with Gasteiger partial charge in [0.1, 0.15) is 6.61 Å². The summed E-state index contributed by atoms with van der Waals surface area (Å²) < 4.78 is 4.76. The number of benzene rings is 1. The highest BCUT2D eigenvalue weighted by atomic mass is 16.5. The van der Waals surface area contributed by atoms with Gasteiger partial charge in [0.05, 0.1) is 6.54 Å². The molecule has 0 spiro atoms. The van der Waals surface area contributed by atoms with Gasteiger partial charge in [0.15, 0.2) is 0 Å². The molecule has 4 N–H and O–H groups in total. The smallest absolute Gasteiger partial charge is 0.249 e. The van der Waals surface area contributed by atoms with Crippen molar-refractivity contribution in [2.45, 2.75) is 6.54 Å². The zero-order valence-electron chi connectivity index (χ0n) is 10.3. The van der Waals surface area contributed by atoms with Crippen LogP contribution in [0.3, 0.4) is 0 Å². The van der Waals surface area contributed by atoms with Crippen molar-refractivity contribution in [2.24, 2.45) is 5.73 Å². The first-order valence-corrected chi connectivity index (χ1v) is 5.43. The first-order chi connectivity index (χ1) is 8.54. The van der Waals surface area contributed by atoms with Crippen molar-refractivity contribution in [3.8, 4) is 0 Å². The molecule has 0 saturated heterocycles. The zero-order valence-corrected chi connectivity index (χ0v) is 10.3. The van der Waals surface area contributed by atoms with Crippen molar-refractivity contribution in [3.63, 3.8) is 0 Å². The summed E-state index contributed by atoms with van der Waals surface area (Å²) in [4.78, 5) is 24.0. The number of primary amides is 1. The summed E-state index contributed by atoms with van der Waals surface area (Å²) in [5, 5.41) is 0. The normalized spacial score (nSPS) is 10.1. The molecule has 0 fully saturated rings. The monoisotopic (exact) mass is 251 g/mol. The molecule has 2 amide bonds. The molecule has 1 rings (SSSR count). The summed E-state index contributed by atoms with van der Waals surface area (Å²) >= 11 is 0. The van der Waals surface area contributed by atoms with Crippen molar-refractivity contribution in [1.82, 2.24) is 4.90 Å². The fourth-order valence-electron chi connectivity index (χ4n) is 1.52. The van der Waals surface area contributed by atoms with Crippen LogP contribution in [0.5, 0.6) is 0 Å². The Hall–Kier alpha value is -2.08. The van der Waals surface area contributed by atoms with E-state index in [-0.39, 0.29) is 25.6 Å². The van der Waals surface area contributed by atoms with Gasteiger partial charge in [-0.25, -0.2) is 0 Å². The summed E-state index contributed by atoms with van der Waals surface area (Å²) in [5.74, 6) is -0.881. The molecule has 6 heteroatoms. The molecule has 0 heterocycles. The van der Waals surface area contributed by atoms with Gasteiger partial charge in [0.2, 0.25) is 11.8 Å². The number of para-hydroxylation sites is 1. The Bertz CT molecular complexity index is 434. The molecule has 0 radical (unpaired) electrons. The standard InChI is InChI=1S/C12H17N3O3/c1-18-8-12(17)15(7-11(14)16)6-9-4-2-3-5-10(9)13/h2-5H,6-8,13H2,1H3,(H2,14,16). The fraction of sp³-hybridized carbons (Fsp3) is 0.333. The third-order valence-corrected chi connectivity index (χ3v) is 2.38. The van der Waals surface area contributed by atoms with Gasteiger partial charge in [-0.15, -0.1) is 0 Å². The van der Waals surface area contributed by atoms with Crippen LogP contribution in [0.15, 0.2) is 24.3 Å². The molecular formula is C12H17N3O3. The van der Waals surface area contributed by atoms with Gasteiger partial charge in [-0.05, 0) is 11.6 Å². The van der Waals surface area contributed by atoms with Gasteiger partial charge >= 0.3 is 0 Å². The van der Waals surface area contributed by atoms with Crippen LogP contribution in [0.2, 0.25) is 0 Å². The van der Waals surface area contributed by atoms with Crippen molar-refractivity contribution >= 4 is 17.5 Å². The van der Waals surface area contributed by atoms with Gasteiger partial charge < -0.3 is 21.1 Å². The van der Waals surface area contributed by atoms with Gasteiger partial charge in [-0.3, -0.25) is 9.59 Å². The molecule has 0 atom stereocenters. The highest BCUT2D eigenvalue weighted by Crippen LogP contribution is 2.13. The van der Waals surface area contributed by atoms with Crippen molar-refractivity contribution < 1.29 is 14.3 Å². The van der Waals surface area contributed by atoms with Gasteiger partial charge in [0.25, 0.3) is 0 Å². The van der Waals surface area contributed by atoms with E-state index in [2.05, 4.69) is 0 Å². The molecule has 18 heavy (non-hydrogen) atoms. The Morgan fingerprint density at radius 1 is 1.33 bits per heavy atom. The van der Waals surface area contributed by atoms with Crippen LogP contribution in [-0.4, -0.2) is 37.0 Å². The lowest BCUT2D eigenvalue weighted by molar-refractivity contribution is -0.139. The molecule has 0 unspecified atom stereocenters. The van der Waals surface area contributed by atoms with Crippen LogP contribution in [0, 0.1) is 0 Å². The van der Waals surface area contributed by atoms with E-state index in [1.54, 1.807) is 18.2 Å². The van der Waals surface area contributed by atoms with Crippen molar-refractivity contribution in [2.75, 3.05) is 26.0 Å². The second-order valence-electron chi connectivity index (χ2n) is 3.85. The molecule has 6 nitrogen and oxygen atoms in total. The molecule has 0 aliphatic heterocycles. The average Bonchev–Trinajstić information content (AvgIpc) is 2.31. The molecule has 1 aromatic carbocycles. The minimum atomic E-state index is -0.575. The minimum absolute atomic E-state index is 0.0972. The Labute approximate surface area is 105 Å². The Balaban J connectivity index is 2.81. The molecule has 98 valence electrons. The number of amides is 2. The molecule has 0 aliphatic rings. The topological polar surface area (TPSA) is 98.6 Å². The largest absolute Gasteiger partial charge is 0.398 e. The maximum Gasteiger partial charge on any atom is 0.249 e. The number of carbonyl (C=O) groups is 2. The maximum atomic E-state index is 11.7. The highest BCUT2D eigenvalue weighted by Gasteiger charge is 2.16. The fourth-order valence-corrected chi connectivity index (χ4v) is 1.52. The van der Waals surface area contributed by atoms with Gasteiger partial charge in [0, 0.05) is 19.3 Å². The van der Waals surface area contributed by atoms with Gasteiger partial charge in [-0.2, -0.15) is 0 Å². The van der Waals surface area contributed by atoms with E-state index in [1.165, 1.54) is 12.0 Å². The van der Waals surface area contributed by atoms with Crippen LogP contribution in [-0.2, 0) is 20.9 Å². The zero-order chi connectivity index (χ0) is 13.5. The number of nitrogens with zero attached hydrogens (tertiary/aromatic N) is 1. The predicted octanol–water partition coefficient (Wildman–Crippen LogP) is -0.271. The van der Waals surface area contributed by atoms with Crippen LogP contribution in [0.25, 0.3) is 0 Å². The maximum absolute atomic E-state index is 11.7. The molecule has 0 aromatic heterocycles. The number of nitrogen functional groups attached to an aromatic ring is 1. The van der Waals surface area contributed by atoms with Crippen LogP contribution in [0.1, 0.15) is 5.56 Å². The average molecular weight is 251 g/mol. The minimum Gasteiger partial charge on any atom is -0.398 e. The van der Waals surface area contributed by atoms with Crippen LogP contribution >= 0.6 is 0 Å². The number of methoxy groups -OCH3 is 1. The van der Waals surface area contributed by atoms with E-state index in [9.17, 15) is 9.59 Å². The number of rotatable bonds is 6. The Kier molecular flexibility index (Phi) is 5.13. The second kappa shape index (κ2) is 6.61. The lowest BCUT2D eigenvalue weighted by Crippen LogP contribution is -2.39. The van der Waals surface area contributed by atoms with Crippen molar-refractivity contribution in [3.05, 3.63) is 29.8 Å². The third kappa shape index (κ3) is 4.06. The summed E-state index contributed by atoms with van der Waals surface area (Å²) in [6.07, 6.45) is 0. The highest BCUT2D eigenvalue weighted by molar-refractivity contribution is 5.84. The van der Waals surface area contributed by atoms with Crippen molar-refractivity contribution in [1.29, 1.82) is 0 Å². The first-order valence-electron chi connectivity index (χ1n) is 5.43. The third-order valence-electron chi connectivity index (χ3n) is 2.38. The molecule has 0 aliphatic carbocycles. The number of ether oxygens (including phenoxy) is 1. The van der Waals surface area contributed by atoms with E-state index in [4.69, 9.17) is 16.2 Å². The van der Waals surface area contributed by atoms with E-state index in [0.29, 0.717) is 5.69 Å². The lowest BCUT2D eigenvalue weighted by Gasteiger charge is -2.21. The Morgan fingerprint density at radius 2 is 2.00 bits per heavy atom. The molecule has 0 saturated carbocycles. The van der Waals surface area contributed by atoms with E-state index in [0.717, 1.165) is 5.56 Å². The van der Waals surface area contributed by atoms with Crippen LogP contribution < -0.4 is 11.5 Å². The number of nitrogens with two attached hydrogens (primary N) is 2. The first kappa shape index (κ1) is 14.0. The summed E-state index contributed by atoms with van der Waals surface area (Å²) in [6.45, 7) is -0.0195. The summed E-state index contributed by atoms with van der Waals surface area (Å²) in [5.41, 5.74) is 12.2. The van der Waals surface area contributed by atoms with E-state index >= 15 is 0 Å². The number of hydrogen-bond donors (Lipinski definition) is 2. The number of hydrogen-bond acceptors (Lipinski definition) is 4. The van der Waals surface area contributed by atoms with Gasteiger partial charge in [-0.1, -0.05) is 18.2 Å².